The number of ether oxygens (including phenoxy) is 1. The first kappa shape index (κ1) is 22.6. The SMILES string of the molecule is CC(=O)NCC1CN(c2ccc(-c3ccc(CNCC(F)CF)cc3)c(F)c2)C(=O)O1. The van der Waals surface area contributed by atoms with Crippen molar-refractivity contribution in [1.29, 1.82) is 0 Å². The average molecular weight is 435 g/mol. The molecule has 2 unspecified atom stereocenters. The quantitative estimate of drug-likeness (QED) is 0.634. The summed E-state index contributed by atoms with van der Waals surface area (Å²) in [5.41, 5.74) is 2.24. The number of alkyl halides is 2. The first-order valence-electron chi connectivity index (χ1n) is 9.89. The molecule has 3 rings (SSSR count). The van der Waals surface area contributed by atoms with Gasteiger partial charge in [0.15, 0.2) is 0 Å². The van der Waals surface area contributed by atoms with Gasteiger partial charge in [-0.25, -0.2) is 18.0 Å². The molecule has 6 nitrogen and oxygen atoms in total. The highest BCUT2D eigenvalue weighted by atomic mass is 19.2. The molecule has 2 N–H and O–H groups in total. The number of cyclic esters (lactones) is 1. The summed E-state index contributed by atoms with van der Waals surface area (Å²) in [5, 5.41) is 5.41. The van der Waals surface area contributed by atoms with Crippen molar-refractivity contribution in [3.05, 3.63) is 53.8 Å². The normalized spacial score (nSPS) is 16.8. The van der Waals surface area contributed by atoms with Gasteiger partial charge in [-0.1, -0.05) is 24.3 Å². The smallest absolute Gasteiger partial charge is 0.414 e. The number of carbonyl (C=O) groups excluding carboxylic acids is 2. The van der Waals surface area contributed by atoms with Crippen molar-refractivity contribution in [2.75, 3.05) is 31.2 Å². The fourth-order valence-corrected chi connectivity index (χ4v) is 3.23. The maximum absolute atomic E-state index is 14.8. The van der Waals surface area contributed by atoms with Crippen LogP contribution in [-0.4, -0.2) is 50.6 Å². The lowest BCUT2D eigenvalue weighted by molar-refractivity contribution is -0.119. The van der Waals surface area contributed by atoms with E-state index >= 15 is 0 Å². The highest BCUT2D eigenvalue weighted by Gasteiger charge is 2.32. The monoisotopic (exact) mass is 435 g/mol. The van der Waals surface area contributed by atoms with Gasteiger partial charge in [-0.3, -0.25) is 9.69 Å². The van der Waals surface area contributed by atoms with Crippen LogP contribution in [0.3, 0.4) is 0 Å². The Morgan fingerprint density at radius 2 is 2.00 bits per heavy atom. The molecule has 2 atom stereocenters. The van der Waals surface area contributed by atoms with Gasteiger partial charge in [0.05, 0.1) is 18.8 Å². The minimum atomic E-state index is -1.53. The molecule has 1 saturated heterocycles. The number of nitrogens with zero attached hydrogens (tertiary/aromatic N) is 1. The number of nitrogens with one attached hydrogen (secondary N) is 2. The summed E-state index contributed by atoms with van der Waals surface area (Å²) >= 11 is 0. The topological polar surface area (TPSA) is 70.7 Å². The Balaban J connectivity index is 1.64. The highest BCUT2D eigenvalue weighted by molar-refractivity contribution is 5.90. The lowest BCUT2D eigenvalue weighted by Gasteiger charge is -2.15. The molecule has 9 heteroatoms. The average Bonchev–Trinajstić information content (AvgIpc) is 3.13. The van der Waals surface area contributed by atoms with E-state index in [0.29, 0.717) is 23.4 Å². The van der Waals surface area contributed by atoms with Crippen LogP contribution >= 0.6 is 0 Å². The summed E-state index contributed by atoms with van der Waals surface area (Å²) in [5.74, 6) is -0.720. The molecule has 2 aromatic rings. The van der Waals surface area contributed by atoms with Crippen LogP contribution in [-0.2, 0) is 16.1 Å². The summed E-state index contributed by atoms with van der Waals surface area (Å²) in [6.07, 6.45) is -2.62. The van der Waals surface area contributed by atoms with E-state index < -0.39 is 30.9 Å². The molecule has 0 saturated carbocycles. The van der Waals surface area contributed by atoms with E-state index in [1.807, 2.05) is 0 Å². The molecule has 166 valence electrons. The van der Waals surface area contributed by atoms with Gasteiger partial charge in [-0.05, 0) is 29.3 Å². The van der Waals surface area contributed by atoms with Crippen molar-refractivity contribution >= 4 is 17.7 Å². The predicted octanol–water partition coefficient (Wildman–Crippen LogP) is 3.35. The Morgan fingerprint density at radius 1 is 1.26 bits per heavy atom. The van der Waals surface area contributed by atoms with Crippen molar-refractivity contribution in [3.8, 4) is 11.1 Å². The lowest BCUT2D eigenvalue weighted by atomic mass is 10.0. The molecule has 0 radical (unpaired) electrons. The summed E-state index contributed by atoms with van der Waals surface area (Å²) in [4.78, 5) is 24.4. The molecule has 0 aliphatic carbocycles. The van der Waals surface area contributed by atoms with E-state index in [1.54, 1.807) is 36.4 Å². The van der Waals surface area contributed by atoms with Crippen molar-refractivity contribution in [2.45, 2.75) is 25.7 Å². The second-order valence-electron chi connectivity index (χ2n) is 7.30. The number of benzene rings is 2. The number of hydrogen-bond acceptors (Lipinski definition) is 4. The van der Waals surface area contributed by atoms with E-state index in [-0.39, 0.29) is 25.5 Å². The molecule has 1 heterocycles. The molecule has 2 amide bonds. The van der Waals surface area contributed by atoms with Gasteiger partial charge in [-0.2, -0.15) is 0 Å². The number of carbonyl (C=O) groups is 2. The molecular weight excluding hydrogens is 411 g/mol. The van der Waals surface area contributed by atoms with Gasteiger partial charge >= 0.3 is 6.09 Å². The first-order chi connectivity index (χ1) is 14.9. The number of hydrogen-bond donors (Lipinski definition) is 2. The zero-order chi connectivity index (χ0) is 22.4. The summed E-state index contributed by atoms with van der Waals surface area (Å²) in [6.45, 7) is 1.06. The molecule has 0 aromatic heterocycles. The maximum Gasteiger partial charge on any atom is 0.414 e. The Labute approximate surface area is 178 Å². The van der Waals surface area contributed by atoms with Crippen LogP contribution < -0.4 is 15.5 Å². The van der Waals surface area contributed by atoms with Crippen LogP contribution in [0.15, 0.2) is 42.5 Å². The van der Waals surface area contributed by atoms with Crippen molar-refractivity contribution in [2.24, 2.45) is 0 Å². The van der Waals surface area contributed by atoms with Crippen LogP contribution in [0, 0.1) is 5.82 Å². The third-order valence-corrected chi connectivity index (χ3v) is 4.84. The zero-order valence-corrected chi connectivity index (χ0v) is 17.0. The predicted molar refractivity (Wildman–Crippen MR) is 111 cm³/mol. The van der Waals surface area contributed by atoms with E-state index in [2.05, 4.69) is 10.6 Å². The molecule has 2 aromatic carbocycles. The molecular formula is C22H24F3N3O3. The standard InChI is InChI=1S/C22H24F3N3O3/c1-14(29)27-12-19-13-28(22(30)31-19)18-6-7-20(21(25)8-18)16-4-2-15(3-5-16)10-26-11-17(24)9-23/h2-8,17,19,26H,9-13H2,1H3,(H,27,29). The fourth-order valence-electron chi connectivity index (χ4n) is 3.23. The van der Waals surface area contributed by atoms with Gasteiger partial charge in [-0.15, -0.1) is 0 Å². The third-order valence-electron chi connectivity index (χ3n) is 4.84. The lowest BCUT2D eigenvalue weighted by Crippen LogP contribution is -2.33. The van der Waals surface area contributed by atoms with Gasteiger partial charge in [0.1, 0.15) is 24.8 Å². The van der Waals surface area contributed by atoms with Crippen LogP contribution in [0.1, 0.15) is 12.5 Å². The Bertz CT molecular complexity index is 924. The van der Waals surface area contributed by atoms with Crippen LogP contribution in [0.5, 0.6) is 0 Å². The van der Waals surface area contributed by atoms with E-state index in [1.165, 1.54) is 17.9 Å². The van der Waals surface area contributed by atoms with Gasteiger partial charge in [0.2, 0.25) is 5.91 Å². The zero-order valence-electron chi connectivity index (χ0n) is 17.0. The molecule has 31 heavy (non-hydrogen) atoms. The number of amides is 2. The number of rotatable bonds is 9. The Kier molecular flexibility index (Phi) is 7.51. The third kappa shape index (κ3) is 5.97. The van der Waals surface area contributed by atoms with E-state index in [0.717, 1.165) is 5.56 Å². The largest absolute Gasteiger partial charge is 0.442 e. The molecule has 1 aliphatic heterocycles. The van der Waals surface area contributed by atoms with E-state index in [4.69, 9.17) is 4.74 Å². The highest BCUT2D eigenvalue weighted by Crippen LogP contribution is 2.29. The molecule has 0 spiro atoms. The van der Waals surface area contributed by atoms with Gasteiger partial charge in [0.25, 0.3) is 0 Å². The minimum Gasteiger partial charge on any atom is -0.442 e. The minimum absolute atomic E-state index is 0.0705. The number of anilines is 1. The van der Waals surface area contributed by atoms with Crippen LogP contribution in [0.4, 0.5) is 23.7 Å². The Morgan fingerprint density at radius 3 is 2.65 bits per heavy atom. The van der Waals surface area contributed by atoms with E-state index in [9.17, 15) is 22.8 Å². The van der Waals surface area contributed by atoms with Crippen LogP contribution in [0.25, 0.3) is 11.1 Å². The second-order valence-corrected chi connectivity index (χ2v) is 7.30. The summed E-state index contributed by atoms with van der Waals surface area (Å²) < 4.78 is 45.0. The maximum atomic E-state index is 14.8. The van der Waals surface area contributed by atoms with Gasteiger partial charge in [0, 0.05) is 25.6 Å². The molecule has 1 aliphatic rings. The summed E-state index contributed by atoms with van der Waals surface area (Å²) in [6, 6.07) is 11.5. The molecule has 0 bridgehead atoms. The number of halogens is 3. The molecule has 1 fully saturated rings. The van der Waals surface area contributed by atoms with Gasteiger partial charge < -0.3 is 15.4 Å². The van der Waals surface area contributed by atoms with Crippen molar-refractivity contribution in [1.82, 2.24) is 10.6 Å². The second kappa shape index (κ2) is 10.3. The fraction of sp³-hybridized carbons (Fsp3) is 0.364. The van der Waals surface area contributed by atoms with Crippen molar-refractivity contribution < 1.29 is 27.5 Å². The summed E-state index contributed by atoms with van der Waals surface area (Å²) in [7, 11) is 0. The first-order valence-corrected chi connectivity index (χ1v) is 9.89. The van der Waals surface area contributed by atoms with Crippen molar-refractivity contribution in [3.63, 3.8) is 0 Å². The Hall–Kier alpha value is -3.07. The van der Waals surface area contributed by atoms with Crippen LogP contribution in [0.2, 0.25) is 0 Å².